The van der Waals surface area contributed by atoms with Crippen molar-refractivity contribution >= 4 is 49.7 Å². The molecule has 4 aromatic rings. The average molecular weight is 333 g/mol. The number of nitrogen functional groups attached to an aromatic ring is 1. The van der Waals surface area contributed by atoms with Crippen LogP contribution in [-0.2, 0) is 0 Å². The molecule has 0 aliphatic carbocycles. The summed E-state index contributed by atoms with van der Waals surface area (Å²) in [6.45, 7) is 2.02. The van der Waals surface area contributed by atoms with Gasteiger partial charge in [-0.15, -0.1) is 11.3 Å². The van der Waals surface area contributed by atoms with Crippen LogP contribution in [0.15, 0.2) is 54.6 Å². The number of rotatable bonds is 2. The molecule has 2 aromatic heterocycles. The number of hydrogen-bond acceptors (Lipinski definition) is 4. The van der Waals surface area contributed by atoms with Gasteiger partial charge in [0.1, 0.15) is 9.71 Å². The van der Waals surface area contributed by atoms with Gasteiger partial charge in [0.15, 0.2) is 0 Å². The molecule has 0 aliphatic heterocycles. The molecule has 0 fully saturated rings. The Labute approximate surface area is 142 Å². The number of aromatic nitrogens is 1. The van der Waals surface area contributed by atoms with E-state index in [1.54, 1.807) is 0 Å². The number of fused-ring (bicyclic) bond motifs is 2. The van der Waals surface area contributed by atoms with E-state index in [2.05, 4.69) is 10.3 Å². The fourth-order valence-electron chi connectivity index (χ4n) is 2.88. The van der Waals surface area contributed by atoms with Gasteiger partial charge in [-0.3, -0.25) is 4.79 Å². The first-order valence-corrected chi connectivity index (χ1v) is 8.40. The number of amides is 1. The number of thiophene rings is 1. The van der Waals surface area contributed by atoms with Crippen molar-refractivity contribution < 1.29 is 4.79 Å². The van der Waals surface area contributed by atoms with Crippen LogP contribution >= 0.6 is 11.3 Å². The third-order valence-corrected chi connectivity index (χ3v) is 5.17. The Hall–Kier alpha value is -2.92. The minimum Gasteiger partial charge on any atom is -0.397 e. The van der Waals surface area contributed by atoms with Gasteiger partial charge in [-0.05, 0) is 30.7 Å². The fraction of sp³-hybridized carbons (Fsp3) is 0.0526. The molecule has 1 amide bonds. The Bertz CT molecular complexity index is 1070. The number of benzene rings is 2. The molecule has 4 rings (SSSR count). The molecular weight excluding hydrogens is 318 g/mol. The van der Waals surface area contributed by atoms with Gasteiger partial charge in [-0.1, -0.05) is 36.4 Å². The summed E-state index contributed by atoms with van der Waals surface area (Å²) in [6.07, 6.45) is 0. The second-order valence-corrected chi connectivity index (χ2v) is 6.60. The molecular formula is C19H15N3OS. The molecule has 0 radical (unpaired) electrons. The van der Waals surface area contributed by atoms with Crippen molar-refractivity contribution in [2.45, 2.75) is 6.92 Å². The van der Waals surface area contributed by atoms with Crippen molar-refractivity contribution in [2.75, 3.05) is 11.1 Å². The highest BCUT2D eigenvalue weighted by Crippen LogP contribution is 2.37. The number of hydrogen-bond donors (Lipinski definition) is 2. The van der Waals surface area contributed by atoms with Crippen molar-refractivity contribution in [3.05, 3.63) is 65.0 Å². The molecule has 118 valence electrons. The van der Waals surface area contributed by atoms with Crippen molar-refractivity contribution in [1.82, 2.24) is 4.98 Å². The quantitative estimate of drug-likeness (QED) is 0.563. The number of nitrogens with one attached hydrogen (secondary N) is 1. The van der Waals surface area contributed by atoms with E-state index in [0.717, 1.165) is 32.4 Å². The third kappa shape index (κ3) is 2.30. The number of aryl methyl sites for hydroxylation is 1. The lowest BCUT2D eigenvalue weighted by Crippen LogP contribution is -2.11. The van der Waals surface area contributed by atoms with E-state index < -0.39 is 0 Å². The van der Waals surface area contributed by atoms with Gasteiger partial charge in [0, 0.05) is 16.5 Å². The predicted octanol–water partition coefficient (Wildman–Crippen LogP) is 4.59. The summed E-state index contributed by atoms with van der Waals surface area (Å²) >= 11 is 1.33. The lowest BCUT2D eigenvalue weighted by atomic mass is 10.1. The maximum Gasteiger partial charge on any atom is 0.267 e. The highest BCUT2D eigenvalue weighted by molar-refractivity contribution is 7.21. The van der Waals surface area contributed by atoms with Gasteiger partial charge >= 0.3 is 0 Å². The summed E-state index contributed by atoms with van der Waals surface area (Å²) in [5.74, 6) is -0.204. The Morgan fingerprint density at radius 2 is 1.79 bits per heavy atom. The molecule has 0 spiro atoms. The van der Waals surface area contributed by atoms with E-state index in [0.29, 0.717) is 10.6 Å². The van der Waals surface area contributed by atoms with Crippen LogP contribution in [0.5, 0.6) is 0 Å². The SMILES string of the molecule is Cc1c2ccccc2nc2sc(C(=O)Nc3ccccc3)c(N)c12. The van der Waals surface area contributed by atoms with E-state index >= 15 is 0 Å². The largest absolute Gasteiger partial charge is 0.397 e. The van der Waals surface area contributed by atoms with E-state index in [1.165, 1.54) is 11.3 Å². The summed E-state index contributed by atoms with van der Waals surface area (Å²) in [6, 6.07) is 17.3. The first-order valence-electron chi connectivity index (χ1n) is 7.59. The molecule has 4 nitrogen and oxygen atoms in total. The lowest BCUT2D eigenvalue weighted by molar-refractivity contribution is 0.103. The minimum atomic E-state index is -0.204. The van der Waals surface area contributed by atoms with E-state index in [4.69, 9.17) is 5.73 Å². The summed E-state index contributed by atoms with van der Waals surface area (Å²) in [7, 11) is 0. The standard InChI is InChI=1S/C19H15N3OS/c1-11-13-9-5-6-10-14(13)22-19-15(11)16(20)17(24-19)18(23)21-12-7-3-2-4-8-12/h2-10H,20H2,1H3,(H,21,23). The molecule has 0 unspecified atom stereocenters. The van der Waals surface area contributed by atoms with Crippen LogP contribution in [0.2, 0.25) is 0 Å². The van der Waals surface area contributed by atoms with Gasteiger partial charge in [0.2, 0.25) is 0 Å². The summed E-state index contributed by atoms with van der Waals surface area (Å²) in [4.78, 5) is 18.6. The van der Waals surface area contributed by atoms with Gasteiger partial charge in [0.05, 0.1) is 11.2 Å². The number of carbonyl (C=O) groups excluding carboxylic acids is 1. The highest BCUT2D eigenvalue weighted by Gasteiger charge is 2.20. The lowest BCUT2D eigenvalue weighted by Gasteiger charge is -2.05. The number of nitrogens with zero attached hydrogens (tertiary/aromatic N) is 1. The van der Waals surface area contributed by atoms with Crippen LogP contribution in [0.3, 0.4) is 0 Å². The molecule has 0 atom stereocenters. The molecule has 0 saturated heterocycles. The zero-order valence-electron chi connectivity index (χ0n) is 13.0. The molecule has 2 heterocycles. The van der Waals surface area contributed by atoms with Crippen LogP contribution in [0, 0.1) is 6.92 Å². The summed E-state index contributed by atoms with van der Waals surface area (Å²) < 4.78 is 0. The first-order chi connectivity index (χ1) is 11.6. The van der Waals surface area contributed by atoms with Crippen LogP contribution < -0.4 is 11.1 Å². The van der Waals surface area contributed by atoms with Gasteiger partial charge < -0.3 is 11.1 Å². The van der Waals surface area contributed by atoms with Crippen LogP contribution in [0.4, 0.5) is 11.4 Å². The second-order valence-electron chi connectivity index (χ2n) is 5.60. The second kappa shape index (κ2) is 5.62. The Morgan fingerprint density at radius 1 is 1.08 bits per heavy atom. The monoisotopic (exact) mass is 333 g/mol. The number of pyridine rings is 1. The van der Waals surface area contributed by atoms with Crippen molar-refractivity contribution in [3.8, 4) is 0 Å². The average Bonchev–Trinajstić information content (AvgIpc) is 2.93. The Balaban J connectivity index is 1.85. The van der Waals surface area contributed by atoms with Crippen molar-refractivity contribution in [1.29, 1.82) is 0 Å². The van der Waals surface area contributed by atoms with Gasteiger partial charge in [-0.25, -0.2) is 4.98 Å². The van der Waals surface area contributed by atoms with E-state index in [1.807, 2.05) is 61.5 Å². The highest BCUT2D eigenvalue weighted by atomic mass is 32.1. The van der Waals surface area contributed by atoms with Crippen LogP contribution in [-0.4, -0.2) is 10.9 Å². The predicted molar refractivity (Wildman–Crippen MR) is 101 cm³/mol. The van der Waals surface area contributed by atoms with Crippen LogP contribution in [0.1, 0.15) is 15.2 Å². The number of nitrogens with two attached hydrogens (primary N) is 1. The smallest absolute Gasteiger partial charge is 0.267 e. The summed E-state index contributed by atoms with van der Waals surface area (Å²) in [5, 5.41) is 4.82. The Kier molecular flexibility index (Phi) is 3.43. The number of carbonyl (C=O) groups is 1. The van der Waals surface area contributed by atoms with Gasteiger partial charge in [0.25, 0.3) is 5.91 Å². The van der Waals surface area contributed by atoms with Crippen molar-refractivity contribution in [2.24, 2.45) is 0 Å². The zero-order valence-corrected chi connectivity index (χ0v) is 13.9. The summed E-state index contributed by atoms with van der Waals surface area (Å²) in [5.41, 5.74) is 9.51. The van der Waals surface area contributed by atoms with Crippen LogP contribution in [0.25, 0.3) is 21.1 Å². The minimum absolute atomic E-state index is 0.204. The molecule has 0 saturated carbocycles. The molecule has 0 aliphatic rings. The van der Waals surface area contributed by atoms with Crippen molar-refractivity contribution in [3.63, 3.8) is 0 Å². The zero-order chi connectivity index (χ0) is 16.7. The van der Waals surface area contributed by atoms with Gasteiger partial charge in [-0.2, -0.15) is 0 Å². The number of para-hydroxylation sites is 2. The molecule has 5 heteroatoms. The third-order valence-electron chi connectivity index (χ3n) is 4.07. The molecule has 2 aromatic carbocycles. The Morgan fingerprint density at radius 3 is 2.58 bits per heavy atom. The normalized spacial score (nSPS) is 11.0. The molecule has 24 heavy (non-hydrogen) atoms. The van der Waals surface area contributed by atoms with E-state index in [9.17, 15) is 4.79 Å². The first kappa shape index (κ1) is 14.7. The maximum absolute atomic E-state index is 12.6. The topological polar surface area (TPSA) is 68.0 Å². The molecule has 3 N–H and O–H groups in total. The van der Waals surface area contributed by atoms with E-state index in [-0.39, 0.29) is 5.91 Å². The maximum atomic E-state index is 12.6. The number of anilines is 2. The fourth-order valence-corrected chi connectivity index (χ4v) is 3.94. The molecule has 0 bridgehead atoms.